The van der Waals surface area contributed by atoms with Gasteiger partial charge in [-0.3, -0.25) is 4.79 Å². The quantitative estimate of drug-likeness (QED) is 0.854. The number of aliphatic carboxylic acids is 1. The number of carbonyl (C=O) groups is 2. The summed E-state index contributed by atoms with van der Waals surface area (Å²) in [6.07, 6.45) is 6.23. The van der Waals surface area contributed by atoms with Gasteiger partial charge in [-0.1, -0.05) is 0 Å². The SMILES string of the molecule is Cn1ccnc1CNC(=O)N1CCC(CCC(=O)O)CC1. The Morgan fingerprint density at radius 2 is 2.14 bits per heavy atom. The molecule has 7 heteroatoms. The minimum Gasteiger partial charge on any atom is -0.481 e. The van der Waals surface area contributed by atoms with Crippen molar-refractivity contribution >= 4 is 12.0 Å². The van der Waals surface area contributed by atoms with Crippen LogP contribution in [0.3, 0.4) is 0 Å². The Balaban J connectivity index is 1.70. The largest absolute Gasteiger partial charge is 0.481 e. The summed E-state index contributed by atoms with van der Waals surface area (Å²) in [6, 6.07) is -0.0744. The third-order valence-electron chi connectivity index (χ3n) is 3.99. The number of likely N-dealkylation sites (tertiary alicyclic amines) is 1. The van der Waals surface area contributed by atoms with Crippen LogP contribution in [0.2, 0.25) is 0 Å². The standard InChI is InChI=1S/C14H22N4O3/c1-17-9-6-15-12(17)10-16-14(21)18-7-4-11(5-8-18)2-3-13(19)20/h6,9,11H,2-5,7-8,10H2,1H3,(H,16,21)(H,19,20). The molecule has 0 bridgehead atoms. The van der Waals surface area contributed by atoms with Gasteiger partial charge in [-0.2, -0.15) is 0 Å². The molecule has 21 heavy (non-hydrogen) atoms. The molecule has 1 saturated heterocycles. The molecule has 7 nitrogen and oxygen atoms in total. The Morgan fingerprint density at radius 3 is 2.71 bits per heavy atom. The summed E-state index contributed by atoms with van der Waals surface area (Å²) in [7, 11) is 1.89. The van der Waals surface area contributed by atoms with E-state index in [4.69, 9.17) is 5.11 Å². The van der Waals surface area contributed by atoms with Crippen molar-refractivity contribution in [2.75, 3.05) is 13.1 Å². The van der Waals surface area contributed by atoms with E-state index in [1.807, 2.05) is 17.8 Å². The summed E-state index contributed by atoms with van der Waals surface area (Å²) in [4.78, 5) is 28.6. The van der Waals surface area contributed by atoms with Crippen LogP contribution < -0.4 is 5.32 Å². The third kappa shape index (κ3) is 4.47. The summed E-state index contributed by atoms with van der Waals surface area (Å²) >= 11 is 0. The second-order valence-corrected chi connectivity index (χ2v) is 5.48. The number of imidazole rings is 1. The Morgan fingerprint density at radius 1 is 1.43 bits per heavy atom. The zero-order valence-electron chi connectivity index (χ0n) is 12.3. The summed E-state index contributed by atoms with van der Waals surface area (Å²) in [6.45, 7) is 1.80. The lowest BCUT2D eigenvalue weighted by Gasteiger charge is -2.31. The van der Waals surface area contributed by atoms with Crippen LogP contribution in [0.4, 0.5) is 4.79 Å². The lowest BCUT2D eigenvalue weighted by molar-refractivity contribution is -0.137. The summed E-state index contributed by atoms with van der Waals surface area (Å²) in [5, 5.41) is 11.6. The number of aromatic nitrogens is 2. The van der Waals surface area contributed by atoms with Crippen molar-refractivity contribution in [3.05, 3.63) is 18.2 Å². The van der Waals surface area contributed by atoms with Gasteiger partial charge in [0.2, 0.25) is 0 Å². The zero-order valence-corrected chi connectivity index (χ0v) is 12.3. The van der Waals surface area contributed by atoms with E-state index >= 15 is 0 Å². The van der Waals surface area contributed by atoms with Crippen molar-refractivity contribution in [2.24, 2.45) is 13.0 Å². The van der Waals surface area contributed by atoms with Crippen molar-refractivity contribution in [3.63, 3.8) is 0 Å². The molecule has 0 spiro atoms. The Hall–Kier alpha value is -2.05. The first kappa shape index (κ1) is 15.3. The van der Waals surface area contributed by atoms with Crippen molar-refractivity contribution in [3.8, 4) is 0 Å². The van der Waals surface area contributed by atoms with Gasteiger partial charge in [-0.15, -0.1) is 0 Å². The van der Waals surface area contributed by atoms with Crippen LogP contribution in [-0.2, 0) is 18.4 Å². The first-order valence-corrected chi connectivity index (χ1v) is 7.27. The van der Waals surface area contributed by atoms with Crippen LogP contribution in [0.15, 0.2) is 12.4 Å². The van der Waals surface area contributed by atoms with Gasteiger partial charge >= 0.3 is 12.0 Å². The van der Waals surface area contributed by atoms with E-state index in [-0.39, 0.29) is 12.5 Å². The number of urea groups is 1. The predicted molar refractivity (Wildman–Crippen MR) is 76.6 cm³/mol. The van der Waals surface area contributed by atoms with Gasteiger partial charge < -0.3 is 19.9 Å². The summed E-state index contributed by atoms with van der Waals surface area (Å²) in [5.41, 5.74) is 0. The van der Waals surface area contributed by atoms with Gasteiger partial charge in [0.25, 0.3) is 0 Å². The van der Waals surface area contributed by atoms with E-state index in [2.05, 4.69) is 10.3 Å². The number of nitrogens with one attached hydrogen (secondary N) is 1. The maximum absolute atomic E-state index is 12.1. The highest BCUT2D eigenvalue weighted by Crippen LogP contribution is 2.21. The van der Waals surface area contributed by atoms with E-state index in [0.717, 1.165) is 18.7 Å². The number of carbonyl (C=O) groups excluding carboxylic acids is 1. The molecule has 2 heterocycles. The highest BCUT2D eigenvalue weighted by atomic mass is 16.4. The molecule has 2 rings (SSSR count). The molecule has 0 aliphatic carbocycles. The number of rotatable bonds is 5. The van der Waals surface area contributed by atoms with Crippen LogP contribution in [0, 0.1) is 5.92 Å². The average molecular weight is 294 g/mol. The lowest BCUT2D eigenvalue weighted by Crippen LogP contribution is -2.44. The van der Waals surface area contributed by atoms with Crippen molar-refractivity contribution < 1.29 is 14.7 Å². The molecule has 2 amide bonds. The summed E-state index contributed by atoms with van der Waals surface area (Å²) < 4.78 is 1.87. The maximum atomic E-state index is 12.1. The number of piperidine rings is 1. The normalized spacial score (nSPS) is 16.0. The molecule has 1 aliphatic heterocycles. The fraction of sp³-hybridized carbons (Fsp3) is 0.643. The van der Waals surface area contributed by atoms with Gasteiger partial charge in [-0.25, -0.2) is 9.78 Å². The third-order valence-corrected chi connectivity index (χ3v) is 3.99. The van der Waals surface area contributed by atoms with E-state index < -0.39 is 5.97 Å². The molecule has 0 saturated carbocycles. The molecule has 0 unspecified atom stereocenters. The van der Waals surface area contributed by atoms with E-state index in [1.54, 1.807) is 11.1 Å². The molecule has 116 valence electrons. The molecule has 1 aliphatic rings. The van der Waals surface area contributed by atoms with E-state index in [0.29, 0.717) is 32.0 Å². The number of hydrogen-bond donors (Lipinski definition) is 2. The number of carboxylic acids is 1. The minimum atomic E-state index is -0.745. The first-order valence-electron chi connectivity index (χ1n) is 7.27. The minimum absolute atomic E-state index is 0.0744. The molecule has 2 N–H and O–H groups in total. The van der Waals surface area contributed by atoms with Gasteiger partial charge in [0.15, 0.2) is 0 Å². The number of aryl methyl sites for hydroxylation is 1. The topological polar surface area (TPSA) is 87.5 Å². The van der Waals surface area contributed by atoms with Crippen LogP contribution >= 0.6 is 0 Å². The van der Waals surface area contributed by atoms with Crippen molar-refractivity contribution in [2.45, 2.75) is 32.2 Å². The highest BCUT2D eigenvalue weighted by Gasteiger charge is 2.23. The second kappa shape index (κ2) is 7.10. The molecule has 1 aromatic heterocycles. The molecule has 1 aromatic rings. The number of nitrogens with zero attached hydrogens (tertiary/aromatic N) is 3. The monoisotopic (exact) mass is 294 g/mol. The average Bonchev–Trinajstić information content (AvgIpc) is 2.88. The van der Waals surface area contributed by atoms with E-state index in [1.165, 1.54) is 0 Å². The number of carboxylic acid groups (broad SMARTS) is 1. The van der Waals surface area contributed by atoms with Crippen LogP contribution in [0.1, 0.15) is 31.5 Å². The van der Waals surface area contributed by atoms with E-state index in [9.17, 15) is 9.59 Å². The molecule has 0 radical (unpaired) electrons. The Bertz CT molecular complexity index is 492. The van der Waals surface area contributed by atoms with Gasteiger partial charge in [0.05, 0.1) is 6.54 Å². The first-order chi connectivity index (χ1) is 10.1. The van der Waals surface area contributed by atoms with Crippen molar-refractivity contribution in [1.82, 2.24) is 19.8 Å². The zero-order chi connectivity index (χ0) is 15.2. The van der Waals surface area contributed by atoms with Crippen molar-refractivity contribution in [1.29, 1.82) is 0 Å². The highest BCUT2D eigenvalue weighted by molar-refractivity contribution is 5.74. The fourth-order valence-electron chi connectivity index (χ4n) is 2.59. The van der Waals surface area contributed by atoms with Crippen LogP contribution in [0.5, 0.6) is 0 Å². The molecular weight excluding hydrogens is 272 g/mol. The van der Waals surface area contributed by atoms with Gasteiger partial charge in [-0.05, 0) is 25.2 Å². The molecular formula is C14H22N4O3. The van der Waals surface area contributed by atoms with Gasteiger partial charge in [0.1, 0.15) is 5.82 Å². The van der Waals surface area contributed by atoms with Crippen LogP contribution in [0.25, 0.3) is 0 Å². The number of amides is 2. The fourth-order valence-corrected chi connectivity index (χ4v) is 2.59. The lowest BCUT2D eigenvalue weighted by atomic mass is 9.92. The Labute approximate surface area is 124 Å². The van der Waals surface area contributed by atoms with Crippen LogP contribution in [-0.4, -0.2) is 44.6 Å². The molecule has 1 fully saturated rings. The Kier molecular flexibility index (Phi) is 5.19. The number of hydrogen-bond acceptors (Lipinski definition) is 3. The maximum Gasteiger partial charge on any atom is 0.317 e. The summed E-state index contributed by atoms with van der Waals surface area (Å²) in [5.74, 6) is 0.490. The predicted octanol–water partition coefficient (Wildman–Crippen LogP) is 1.21. The smallest absolute Gasteiger partial charge is 0.317 e. The second-order valence-electron chi connectivity index (χ2n) is 5.48. The van der Waals surface area contributed by atoms with Gasteiger partial charge in [0, 0.05) is 39.0 Å². The molecule has 0 aromatic carbocycles. The molecule has 0 atom stereocenters.